The number of hydrogen-bond acceptors (Lipinski definition) is 3. The Bertz CT molecular complexity index is 658. The van der Waals surface area contributed by atoms with E-state index in [1.165, 1.54) is 0 Å². The number of rotatable bonds is 1. The van der Waals surface area contributed by atoms with Crippen molar-refractivity contribution in [1.82, 2.24) is 4.90 Å². The van der Waals surface area contributed by atoms with Gasteiger partial charge in [-0.15, -0.1) is 0 Å². The van der Waals surface area contributed by atoms with Crippen LogP contribution < -0.4 is 4.74 Å². The van der Waals surface area contributed by atoms with Crippen LogP contribution in [0.3, 0.4) is 0 Å². The lowest BCUT2D eigenvalue weighted by Gasteiger charge is -2.59. The normalized spacial score (nSPS) is 36.1. The van der Waals surface area contributed by atoms with Crippen LogP contribution >= 0.6 is 0 Å². The van der Waals surface area contributed by atoms with Crippen molar-refractivity contribution in [3.8, 4) is 5.75 Å². The van der Waals surface area contributed by atoms with Crippen LogP contribution in [0.2, 0.25) is 0 Å². The molecule has 1 N–H and O–H groups in total. The van der Waals surface area contributed by atoms with Crippen LogP contribution in [0.25, 0.3) is 0 Å². The highest BCUT2D eigenvalue weighted by Crippen LogP contribution is 2.58. The highest BCUT2D eigenvalue weighted by Gasteiger charge is 2.63. The number of amides is 1. The Balaban J connectivity index is 1.96. The number of nitrogens with zero attached hydrogens (tertiary/aromatic N) is 1. The van der Waals surface area contributed by atoms with Gasteiger partial charge in [0.2, 0.25) is 5.91 Å². The summed E-state index contributed by atoms with van der Waals surface area (Å²) in [7, 11) is 1.70. The number of likely N-dealkylation sites (tertiary alicyclic amines) is 1. The van der Waals surface area contributed by atoms with Crippen molar-refractivity contribution in [2.24, 2.45) is 11.8 Å². The van der Waals surface area contributed by atoms with Gasteiger partial charge in [-0.1, -0.05) is 24.6 Å². The van der Waals surface area contributed by atoms with Crippen LogP contribution in [0.15, 0.2) is 24.3 Å². The first kappa shape index (κ1) is 13.6. The van der Waals surface area contributed by atoms with E-state index in [1.807, 2.05) is 24.3 Å². The van der Waals surface area contributed by atoms with Crippen molar-refractivity contribution in [2.75, 3.05) is 7.05 Å². The maximum absolute atomic E-state index is 12.7. The number of carbonyl (C=O) groups excluding carboxylic acids is 1. The Morgan fingerprint density at radius 3 is 2.91 bits per heavy atom. The monoisotopic (exact) mass is 301 g/mol. The standard InChI is InChI=1S/C17H19NO4/c1-18-15(19)14(16(20)21)13-10-6-2-3-8-12(10)22-17(18)9-5-4-7-11(13)17/h2-3,6,8,11,13-14H,4-5,7,9H2,1H3,(H,20,21)/t11-,13+,14-,17+/m1/s1. The molecule has 0 unspecified atom stereocenters. The van der Waals surface area contributed by atoms with Crippen LogP contribution in [-0.4, -0.2) is 34.7 Å². The molecule has 1 aromatic carbocycles. The molecule has 2 fully saturated rings. The van der Waals surface area contributed by atoms with Gasteiger partial charge in [-0.25, -0.2) is 0 Å². The van der Waals surface area contributed by atoms with Gasteiger partial charge in [0, 0.05) is 25.3 Å². The van der Waals surface area contributed by atoms with E-state index >= 15 is 0 Å². The molecule has 1 saturated carbocycles. The largest absolute Gasteiger partial charge is 0.481 e. The van der Waals surface area contributed by atoms with Gasteiger partial charge in [-0.3, -0.25) is 9.59 Å². The second kappa shape index (κ2) is 4.48. The second-order valence-corrected chi connectivity index (χ2v) is 6.58. The number of carboxylic acids is 1. The second-order valence-electron chi connectivity index (χ2n) is 6.58. The SMILES string of the molecule is CN1C(=O)[C@H](C(=O)O)[C@H]2c3ccccc3O[C@]13CCCC[C@H]23. The summed E-state index contributed by atoms with van der Waals surface area (Å²) in [5.74, 6) is -1.86. The molecule has 1 amide bonds. The van der Waals surface area contributed by atoms with E-state index in [-0.39, 0.29) is 17.7 Å². The number of piperidine rings is 1. The summed E-state index contributed by atoms with van der Waals surface area (Å²) in [6.07, 6.45) is 3.74. The summed E-state index contributed by atoms with van der Waals surface area (Å²) in [6, 6.07) is 7.58. The van der Waals surface area contributed by atoms with E-state index in [2.05, 4.69) is 0 Å². The maximum atomic E-state index is 12.7. The fourth-order valence-corrected chi connectivity index (χ4v) is 4.70. The molecule has 4 atom stereocenters. The Labute approximate surface area is 128 Å². The zero-order valence-corrected chi connectivity index (χ0v) is 12.5. The summed E-state index contributed by atoms with van der Waals surface area (Å²) >= 11 is 0. The van der Waals surface area contributed by atoms with Crippen molar-refractivity contribution in [1.29, 1.82) is 0 Å². The van der Waals surface area contributed by atoms with E-state index in [0.717, 1.165) is 37.0 Å². The van der Waals surface area contributed by atoms with Crippen LogP contribution in [0.5, 0.6) is 5.75 Å². The summed E-state index contributed by atoms with van der Waals surface area (Å²) in [5, 5.41) is 9.66. The third-order valence-corrected chi connectivity index (χ3v) is 5.67. The number of aliphatic carboxylic acids is 1. The summed E-state index contributed by atoms with van der Waals surface area (Å²) in [4.78, 5) is 26.1. The van der Waals surface area contributed by atoms with Gasteiger partial charge < -0.3 is 14.7 Å². The third kappa shape index (κ3) is 1.54. The topological polar surface area (TPSA) is 66.8 Å². The summed E-state index contributed by atoms with van der Waals surface area (Å²) in [6.45, 7) is 0. The van der Waals surface area contributed by atoms with Crippen LogP contribution in [0.1, 0.15) is 37.2 Å². The molecule has 3 aliphatic rings. The number of fused-ring (bicyclic) bond motifs is 2. The van der Waals surface area contributed by atoms with Gasteiger partial charge in [0.25, 0.3) is 0 Å². The van der Waals surface area contributed by atoms with E-state index in [4.69, 9.17) is 4.74 Å². The minimum atomic E-state index is -1.03. The molecule has 116 valence electrons. The van der Waals surface area contributed by atoms with Crippen molar-refractivity contribution in [3.63, 3.8) is 0 Å². The molecule has 0 spiro atoms. The predicted molar refractivity (Wildman–Crippen MR) is 78.4 cm³/mol. The van der Waals surface area contributed by atoms with E-state index in [0.29, 0.717) is 0 Å². The van der Waals surface area contributed by atoms with E-state index in [1.54, 1.807) is 11.9 Å². The van der Waals surface area contributed by atoms with Gasteiger partial charge in [0.15, 0.2) is 5.72 Å². The summed E-state index contributed by atoms with van der Waals surface area (Å²) in [5.41, 5.74) is 0.208. The van der Waals surface area contributed by atoms with Crippen molar-refractivity contribution in [3.05, 3.63) is 29.8 Å². The lowest BCUT2D eigenvalue weighted by Crippen LogP contribution is -2.69. The van der Waals surface area contributed by atoms with Crippen molar-refractivity contribution in [2.45, 2.75) is 37.3 Å². The molecule has 1 saturated heterocycles. The minimum absolute atomic E-state index is 0.0555. The third-order valence-electron chi connectivity index (χ3n) is 5.67. The quantitative estimate of drug-likeness (QED) is 0.808. The Morgan fingerprint density at radius 1 is 1.36 bits per heavy atom. The predicted octanol–water partition coefficient (Wildman–Crippen LogP) is 2.22. The lowest BCUT2D eigenvalue weighted by molar-refractivity contribution is -0.204. The first-order valence-electron chi connectivity index (χ1n) is 7.85. The van der Waals surface area contributed by atoms with Gasteiger partial charge in [-0.2, -0.15) is 0 Å². The summed E-state index contributed by atoms with van der Waals surface area (Å²) < 4.78 is 6.32. The molecular formula is C17H19NO4. The molecule has 1 aromatic rings. The Kier molecular flexibility index (Phi) is 2.77. The lowest BCUT2D eigenvalue weighted by atomic mass is 9.61. The number of carbonyl (C=O) groups is 2. The highest BCUT2D eigenvalue weighted by atomic mass is 16.5. The highest BCUT2D eigenvalue weighted by molar-refractivity contribution is 5.99. The molecule has 22 heavy (non-hydrogen) atoms. The van der Waals surface area contributed by atoms with Gasteiger partial charge in [0.05, 0.1) is 0 Å². The molecule has 1 aliphatic carbocycles. The molecule has 2 aliphatic heterocycles. The maximum Gasteiger partial charge on any atom is 0.316 e. The first-order valence-corrected chi connectivity index (χ1v) is 7.85. The minimum Gasteiger partial charge on any atom is -0.481 e. The molecule has 2 heterocycles. The fraction of sp³-hybridized carbons (Fsp3) is 0.529. The molecule has 0 aromatic heterocycles. The zero-order chi connectivity index (χ0) is 15.5. The zero-order valence-electron chi connectivity index (χ0n) is 12.5. The van der Waals surface area contributed by atoms with Crippen molar-refractivity contribution >= 4 is 11.9 Å². The van der Waals surface area contributed by atoms with Crippen LogP contribution in [-0.2, 0) is 9.59 Å². The van der Waals surface area contributed by atoms with E-state index in [9.17, 15) is 14.7 Å². The average molecular weight is 301 g/mol. The Morgan fingerprint density at radius 2 is 2.14 bits per heavy atom. The average Bonchev–Trinajstić information content (AvgIpc) is 2.52. The molecule has 4 rings (SSSR count). The smallest absolute Gasteiger partial charge is 0.316 e. The van der Waals surface area contributed by atoms with Crippen molar-refractivity contribution < 1.29 is 19.4 Å². The number of hydrogen-bond donors (Lipinski definition) is 1. The van der Waals surface area contributed by atoms with Gasteiger partial charge in [-0.05, 0) is 24.5 Å². The number of carboxylic acid groups (broad SMARTS) is 1. The van der Waals surface area contributed by atoms with Gasteiger partial charge in [0.1, 0.15) is 11.7 Å². The number of benzene rings is 1. The first-order chi connectivity index (χ1) is 10.6. The molecule has 2 bridgehead atoms. The molecule has 5 nitrogen and oxygen atoms in total. The molecule has 0 radical (unpaired) electrons. The number of para-hydroxylation sites is 1. The Hall–Kier alpha value is -2.04. The molecule has 5 heteroatoms. The fourth-order valence-electron chi connectivity index (χ4n) is 4.70. The van der Waals surface area contributed by atoms with Gasteiger partial charge >= 0.3 is 5.97 Å². The molecular weight excluding hydrogens is 282 g/mol. The van der Waals surface area contributed by atoms with E-state index < -0.39 is 17.6 Å². The van der Waals surface area contributed by atoms with Crippen LogP contribution in [0.4, 0.5) is 0 Å². The van der Waals surface area contributed by atoms with Crippen LogP contribution in [0, 0.1) is 11.8 Å². The number of ether oxygens (including phenoxy) is 1.